The van der Waals surface area contributed by atoms with Gasteiger partial charge in [-0.1, -0.05) is 50.2 Å². The molecule has 0 spiro atoms. The van der Waals surface area contributed by atoms with E-state index in [4.69, 9.17) is 0 Å². The summed E-state index contributed by atoms with van der Waals surface area (Å²) in [5.74, 6) is 0.0221. The summed E-state index contributed by atoms with van der Waals surface area (Å²) in [6, 6.07) is 16.4. The van der Waals surface area contributed by atoms with Gasteiger partial charge < -0.3 is 10.2 Å². The van der Waals surface area contributed by atoms with Gasteiger partial charge in [0.25, 0.3) is 5.91 Å². The third-order valence-corrected chi connectivity index (χ3v) is 4.67. The van der Waals surface area contributed by atoms with Gasteiger partial charge in [0.2, 0.25) is 0 Å². The monoisotopic (exact) mass is 338 g/mol. The molecule has 0 unspecified atom stereocenters. The van der Waals surface area contributed by atoms with Crippen LogP contribution in [0.15, 0.2) is 48.5 Å². The van der Waals surface area contributed by atoms with Crippen molar-refractivity contribution in [1.82, 2.24) is 10.2 Å². The predicted molar refractivity (Wildman–Crippen MR) is 105 cm³/mol. The van der Waals surface area contributed by atoms with Crippen LogP contribution in [0.25, 0.3) is 0 Å². The number of nitrogens with zero attached hydrogens (tertiary/aromatic N) is 1. The van der Waals surface area contributed by atoms with Gasteiger partial charge in [0.1, 0.15) is 0 Å². The number of carbonyl (C=O) groups excluding carboxylic acids is 1. The third kappa shape index (κ3) is 6.02. The lowest BCUT2D eigenvalue weighted by molar-refractivity contribution is 0.0951. The summed E-state index contributed by atoms with van der Waals surface area (Å²) in [6.07, 6.45) is 1.89. The van der Waals surface area contributed by atoms with E-state index in [1.807, 2.05) is 18.2 Å². The largest absolute Gasteiger partial charge is 0.352 e. The quantitative estimate of drug-likeness (QED) is 0.700. The van der Waals surface area contributed by atoms with Crippen LogP contribution in [-0.2, 0) is 6.42 Å². The summed E-state index contributed by atoms with van der Waals surface area (Å²) in [7, 11) is 0. The van der Waals surface area contributed by atoms with Crippen LogP contribution < -0.4 is 5.32 Å². The molecule has 0 bridgehead atoms. The van der Waals surface area contributed by atoms with E-state index in [2.05, 4.69) is 61.3 Å². The summed E-state index contributed by atoms with van der Waals surface area (Å²) < 4.78 is 0. The van der Waals surface area contributed by atoms with E-state index in [1.54, 1.807) is 0 Å². The lowest BCUT2D eigenvalue weighted by Crippen LogP contribution is -2.29. The molecule has 0 saturated heterocycles. The smallest absolute Gasteiger partial charge is 0.251 e. The van der Waals surface area contributed by atoms with Crippen LogP contribution in [0.3, 0.4) is 0 Å². The zero-order valence-corrected chi connectivity index (χ0v) is 15.7. The zero-order valence-electron chi connectivity index (χ0n) is 15.7. The minimum atomic E-state index is 0.0221. The number of hydrogen-bond donors (Lipinski definition) is 1. The van der Waals surface area contributed by atoms with Crippen molar-refractivity contribution in [2.45, 2.75) is 33.6 Å². The van der Waals surface area contributed by atoms with E-state index >= 15 is 0 Å². The van der Waals surface area contributed by atoms with Crippen molar-refractivity contribution in [2.75, 3.05) is 26.2 Å². The van der Waals surface area contributed by atoms with Crippen molar-refractivity contribution in [3.05, 3.63) is 70.8 Å². The zero-order chi connectivity index (χ0) is 18.1. The maximum absolute atomic E-state index is 12.3. The molecule has 3 heteroatoms. The normalized spacial score (nSPS) is 10.9. The Morgan fingerprint density at radius 3 is 2.40 bits per heavy atom. The van der Waals surface area contributed by atoms with E-state index in [1.165, 1.54) is 16.7 Å². The van der Waals surface area contributed by atoms with Crippen LogP contribution in [0.4, 0.5) is 0 Å². The first-order valence-corrected chi connectivity index (χ1v) is 9.28. The molecule has 3 nitrogen and oxygen atoms in total. The Balaban J connectivity index is 1.87. The van der Waals surface area contributed by atoms with Crippen molar-refractivity contribution in [1.29, 1.82) is 0 Å². The average Bonchev–Trinajstić information content (AvgIpc) is 2.64. The molecule has 1 amide bonds. The van der Waals surface area contributed by atoms with Crippen LogP contribution in [0.2, 0.25) is 0 Å². The highest BCUT2D eigenvalue weighted by molar-refractivity contribution is 5.94. The molecule has 134 valence electrons. The Hall–Kier alpha value is -2.13. The molecule has 0 heterocycles. The Bertz CT molecular complexity index is 663. The van der Waals surface area contributed by atoms with Gasteiger partial charge in [-0.3, -0.25) is 4.79 Å². The van der Waals surface area contributed by atoms with Crippen molar-refractivity contribution >= 4 is 5.91 Å². The van der Waals surface area contributed by atoms with E-state index in [0.717, 1.165) is 44.6 Å². The first-order chi connectivity index (χ1) is 12.1. The number of amides is 1. The average molecular weight is 338 g/mol. The number of hydrogen-bond acceptors (Lipinski definition) is 2. The van der Waals surface area contributed by atoms with E-state index in [0.29, 0.717) is 0 Å². The molecule has 0 saturated carbocycles. The highest BCUT2D eigenvalue weighted by atomic mass is 16.1. The Morgan fingerprint density at radius 2 is 1.76 bits per heavy atom. The van der Waals surface area contributed by atoms with Gasteiger partial charge in [-0.05, 0) is 68.2 Å². The second-order valence-corrected chi connectivity index (χ2v) is 6.44. The molecular weight excluding hydrogens is 308 g/mol. The second kappa shape index (κ2) is 10.00. The molecule has 0 atom stereocenters. The fraction of sp³-hybridized carbons (Fsp3) is 0.409. The number of rotatable bonds is 9. The van der Waals surface area contributed by atoms with Gasteiger partial charge in [-0.2, -0.15) is 0 Å². The lowest BCUT2D eigenvalue weighted by Gasteiger charge is -2.17. The van der Waals surface area contributed by atoms with Crippen molar-refractivity contribution < 1.29 is 4.79 Å². The first kappa shape index (κ1) is 19.2. The van der Waals surface area contributed by atoms with Gasteiger partial charge in [-0.15, -0.1) is 0 Å². The Kier molecular flexibility index (Phi) is 7.68. The van der Waals surface area contributed by atoms with Gasteiger partial charge in [0.05, 0.1) is 0 Å². The number of benzene rings is 2. The topological polar surface area (TPSA) is 32.3 Å². The maximum Gasteiger partial charge on any atom is 0.251 e. The minimum absolute atomic E-state index is 0.0221. The highest BCUT2D eigenvalue weighted by Crippen LogP contribution is 2.15. The number of aryl methyl sites for hydroxylation is 1. The number of nitrogens with one attached hydrogen (secondary N) is 1. The van der Waals surface area contributed by atoms with Crippen LogP contribution in [-0.4, -0.2) is 37.0 Å². The lowest BCUT2D eigenvalue weighted by atomic mass is 9.98. The molecule has 0 aliphatic carbocycles. The molecule has 1 N–H and O–H groups in total. The predicted octanol–water partition coefficient (Wildman–Crippen LogP) is 4.05. The van der Waals surface area contributed by atoms with E-state index < -0.39 is 0 Å². The highest BCUT2D eigenvalue weighted by Gasteiger charge is 2.08. The van der Waals surface area contributed by atoms with E-state index in [9.17, 15) is 4.79 Å². The molecule has 2 aromatic rings. The summed E-state index contributed by atoms with van der Waals surface area (Å²) in [4.78, 5) is 14.7. The summed E-state index contributed by atoms with van der Waals surface area (Å²) in [5.41, 5.74) is 4.47. The summed E-state index contributed by atoms with van der Waals surface area (Å²) >= 11 is 0. The molecule has 2 aromatic carbocycles. The molecule has 0 aromatic heterocycles. The SMILES string of the molecule is CCN(CC)CCCNC(=O)c1ccc(Cc2ccccc2)c(C)c1. The third-order valence-electron chi connectivity index (χ3n) is 4.67. The molecule has 25 heavy (non-hydrogen) atoms. The Morgan fingerprint density at radius 1 is 1.04 bits per heavy atom. The molecule has 2 rings (SSSR count). The molecule has 0 aliphatic rings. The minimum Gasteiger partial charge on any atom is -0.352 e. The standard InChI is InChI=1S/C22H30N2O/c1-4-24(5-2)15-9-14-23-22(25)21-13-12-20(18(3)16-21)17-19-10-7-6-8-11-19/h6-8,10-13,16H,4-5,9,14-15,17H2,1-3H3,(H,23,25). The first-order valence-electron chi connectivity index (χ1n) is 9.28. The molecule has 0 radical (unpaired) electrons. The second-order valence-electron chi connectivity index (χ2n) is 6.44. The van der Waals surface area contributed by atoms with Crippen molar-refractivity contribution in [2.24, 2.45) is 0 Å². The maximum atomic E-state index is 12.3. The number of carbonyl (C=O) groups is 1. The fourth-order valence-electron chi connectivity index (χ4n) is 3.00. The van der Waals surface area contributed by atoms with E-state index in [-0.39, 0.29) is 5.91 Å². The van der Waals surface area contributed by atoms with Gasteiger partial charge in [-0.25, -0.2) is 0 Å². The van der Waals surface area contributed by atoms with Crippen LogP contribution >= 0.6 is 0 Å². The Labute approximate surface area is 152 Å². The summed E-state index contributed by atoms with van der Waals surface area (Å²) in [5, 5.41) is 3.03. The van der Waals surface area contributed by atoms with Gasteiger partial charge >= 0.3 is 0 Å². The van der Waals surface area contributed by atoms with Crippen LogP contribution in [0.5, 0.6) is 0 Å². The van der Waals surface area contributed by atoms with Crippen LogP contribution in [0, 0.1) is 6.92 Å². The fourth-order valence-corrected chi connectivity index (χ4v) is 3.00. The molecule has 0 fully saturated rings. The van der Waals surface area contributed by atoms with Crippen LogP contribution in [0.1, 0.15) is 47.3 Å². The summed E-state index contributed by atoms with van der Waals surface area (Å²) in [6.45, 7) is 10.3. The molecular formula is C22H30N2O. The van der Waals surface area contributed by atoms with Crippen molar-refractivity contribution in [3.8, 4) is 0 Å². The molecule has 0 aliphatic heterocycles. The van der Waals surface area contributed by atoms with Gasteiger partial charge in [0.15, 0.2) is 0 Å². The van der Waals surface area contributed by atoms with Crippen molar-refractivity contribution in [3.63, 3.8) is 0 Å². The van der Waals surface area contributed by atoms with Gasteiger partial charge in [0, 0.05) is 12.1 Å².